The summed E-state index contributed by atoms with van der Waals surface area (Å²) in [7, 11) is 0.914. The molecular formula is C8H18N2O2Si. The summed E-state index contributed by atoms with van der Waals surface area (Å²) in [5, 5.41) is 5.91. The van der Waals surface area contributed by atoms with Gasteiger partial charge in [0, 0.05) is 19.0 Å². The molecule has 1 heterocycles. The minimum atomic E-state index is -0.269. The Morgan fingerprint density at radius 3 is 3.15 bits per heavy atom. The van der Waals surface area contributed by atoms with Crippen LogP contribution in [0.15, 0.2) is 0 Å². The van der Waals surface area contributed by atoms with E-state index in [-0.39, 0.29) is 11.8 Å². The summed E-state index contributed by atoms with van der Waals surface area (Å²) >= 11 is 0. The molecule has 13 heavy (non-hydrogen) atoms. The van der Waals surface area contributed by atoms with Crippen LogP contribution in [0.3, 0.4) is 0 Å². The molecule has 1 rings (SSSR count). The van der Waals surface area contributed by atoms with Gasteiger partial charge in [0.15, 0.2) is 0 Å². The topological polar surface area (TPSA) is 50.4 Å². The Hall–Kier alpha value is -0.553. The number of ether oxygens (including phenoxy) is 1. The highest BCUT2D eigenvalue weighted by molar-refractivity contribution is 6.11. The van der Waals surface area contributed by atoms with Crippen LogP contribution in [0.1, 0.15) is 13.3 Å². The molecule has 1 amide bonds. The number of carbonyl (C=O) groups excluding carboxylic acids is 1. The van der Waals surface area contributed by atoms with E-state index in [1.165, 1.54) is 0 Å². The molecule has 2 atom stereocenters. The lowest BCUT2D eigenvalue weighted by Gasteiger charge is -2.18. The molecule has 1 fully saturated rings. The van der Waals surface area contributed by atoms with Gasteiger partial charge in [0.1, 0.15) is 0 Å². The number of rotatable bonds is 3. The van der Waals surface area contributed by atoms with Crippen molar-refractivity contribution >= 4 is 16.3 Å². The lowest BCUT2D eigenvalue weighted by atomic mass is 10.1. The summed E-state index contributed by atoms with van der Waals surface area (Å²) in [5.74, 6) is 0.536. The molecule has 2 N–H and O–H groups in total. The second-order valence-corrected chi connectivity index (χ2v) is 4.53. The van der Waals surface area contributed by atoms with Gasteiger partial charge in [0.25, 0.3) is 0 Å². The van der Waals surface area contributed by atoms with Gasteiger partial charge >= 0.3 is 6.09 Å². The van der Waals surface area contributed by atoms with Gasteiger partial charge in [-0.15, -0.1) is 0 Å². The van der Waals surface area contributed by atoms with Crippen LogP contribution in [0.25, 0.3) is 0 Å². The Labute approximate surface area is 81.8 Å². The fourth-order valence-electron chi connectivity index (χ4n) is 1.53. The zero-order chi connectivity index (χ0) is 9.68. The second kappa shape index (κ2) is 5.24. The maximum Gasteiger partial charge on any atom is 0.407 e. The van der Waals surface area contributed by atoms with Gasteiger partial charge in [-0.25, -0.2) is 4.79 Å². The van der Waals surface area contributed by atoms with Gasteiger partial charge < -0.3 is 15.4 Å². The van der Waals surface area contributed by atoms with E-state index in [4.69, 9.17) is 4.74 Å². The van der Waals surface area contributed by atoms with E-state index in [0.29, 0.717) is 12.5 Å². The van der Waals surface area contributed by atoms with Crippen LogP contribution in [-0.2, 0) is 4.74 Å². The van der Waals surface area contributed by atoms with Gasteiger partial charge in [0.05, 0.1) is 16.0 Å². The molecule has 1 aliphatic rings. The van der Waals surface area contributed by atoms with Crippen LogP contribution in [0.5, 0.6) is 0 Å². The van der Waals surface area contributed by atoms with E-state index >= 15 is 0 Å². The average Bonchev–Trinajstić information content (AvgIpc) is 2.55. The number of hydrogen-bond donors (Lipinski definition) is 2. The standard InChI is InChI=1S/C8H18N2O2Si/c1-2-10-8(11)12-7(13)6-3-4-9-5-6/h6-7,9H,2-5H2,1,13H3,(H,10,11). The molecule has 4 nitrogen and oxygen atoms in total. The Morgan fingerprint density at radius 2 is 2.62 bits per heavy atom. The molecule has 0 saturated carbocycles. The quantitative estimate of drug-likeness (QED) is 0.579. The lowest BCUT2D eigenvalue weighted by Crippen LogP contribution is -2.34. The Bertz CT molecular complexity index is 172. The first-order valence-electron chi connectivity index (χ1n) is 4.89. The highest BCUT2D eigenvalue weighted by Crippen LogP contribution is 2.13. The molecule has 5 heteroatoms. The average molecular weight is 202 g/mol. The molecule has 1 aliphatic heterocycles. The minimum Gasteiger partial charge on any atom is -0.451 e. The molecule has 2 unspecified atom stereocenters. The monoisotopic (exact) mass is 202 g/mol. The predicted octanol–water partition coefficient (Wildman–Crippen LogP) is -0.967. The van der Waals surface area contributed by atoms with E-state index < -0.39 is 0 Å². The van der Waals surface area contributed by atoms with E-state index in [0.717, 1.165) is 29.8 Å². The highest BCUT2D eigenvalue weighted by Gasteiger charge is 2.23. The normalized spacial score (nSPS) is 24.2. The molecule has 0 aromatic rings. The molecule has 0 aliphatic carbocycles. The fraction of sp³-hybridized carbons (Fsp3) is 0.875. The lowest BCUT2D eigenvalue weighted by molar-refractivity contribution is 0.110. The van der Waals surface area contributed by atoms with Crippen LogP contribution >= 0.6 is 0 Å². The third-order valence-corrected chi connectivity index (χ3v) is 3.55. The number of nitrogens with one attached hydrogen (secondary N) is 2. The van der Waals surface area contributed by atoms with Crippen LogP contribution < -0.4 is 10.6 Å². The molecule has 0 bridgehead atoms. The summed E-state index contributed by atoms with van der Waals surface area (Å²) in [6, 6.07) is 0. The van der Waals surface area contributed by atoms with E-state index in [1.807, 2.05) is 6.92 Å². The molecule has 76 valence electrons. The molecule has 0 aromatic carbocycles. The van der Waals surface area contributed by atoms with Crippen molar-refractivity contribution in [1.29, 1.82) is 0 Å². The number of amides is 1. The van der Waals surface area contributed by atoms with Gasteiger partial charge in [-0.2, -0.15) is 0 Å². The smallest absolute Gasteiger partial charge is 0.407 e. The zero-order valence-electron chi connectivity index (χ0n) is 8.30. The van der Waals surface area contributed by atoms with Crippen molar-refractivity contribution in [1.82, 2.24) is 10.6 Å². The Morgan fingerprint density at radius 1 is 1.85 bits per heavy atom. The van der Waals surface area contributed by atoms with Gasteiger partial charge in [-0.05, 0) is 19.9 Å². The van der Waals surface area contributed by atoms with Crippen molar-refractivity contribution in [3.05, 3.63) is 0 Å². The summed E-state index contributed by atoms with van der Waals surface area (Å²) in [6.45, 7) is 4.58. The molecule has 0 radical (unpaired) electrons. The van der Waals surface area contributed by atoms with Crippen molar-refractivity contribution in [2.24, 2.45) is 5.92 Å². The summed E-state index contributed by atoms with van der Waals surface area (Å²) in [4.78, 5) is 11.1. The van der Waals surface area contributed by atoms with Crippen molar-refractivity contribution in [2.45, 2.75) is 19.1 Å². The first-order valence-corrected chi connectivity index (χ1v) is 6.04. The fourth-order valence-corrected chi connectivity index (χ4v) is 2.31. The van der Waals surface area contributed by atoms with Gasteiger partial charge in [-0.3, -0.25) is 0 Å². The predicted molar refractivity (Wildman–Crippen MR) is 54.9 cm³/mol. The second-order valence-electron chi connectivity index (χ2n) is 3.39. The van der Waals surface area contributed by atoms with Crippen LogP contribution in [-0.4, -0.2) is 41.7 Å². The van der Waals surface area contributed by atoms with Crippen LogP contribution in [0, 0.1) is 5.92 Å². The van der Waals surface area contributed by atoms with E-state index in [2.05, 4.69) is 10.6 Å². The third-order valence-electron chi connectivity index (χ3n) is 2.38. The molecule has 0 spiro atoms. The zero-order valence-corrected chi connectivity index (χ0v) is 10.3. The minimum absolute atomic E-state index is 0.154. The molecular weight excluding hydrogens is 184 g/mol. The first kappa shape index (κ1) is 10.5. The van der Waals surface area contributed by atoms with E-state index in [1.54, 1.807) is 0 Å². The summed E-state index contributed by atoms with van der Waals surface area (Å²) < 4.78 is 5.25. The van der Waals surface area contributed by atoms with Crippen LogP contribution in [0.2, 0.25) is 0 Å². The van der Waals surface area contributed by atoms with Gasteiger partial charge in [-0.1, -0.05) is 0 Å². The van der Waals surface area contributed by atoms with Crippen molar-refractivity contribution in [3.63, 3.8) is 0 Å². The van der Waals surface area contributed by atoms with Crippen molar-refractivity contribution < 1.29 is 9.53 Å². The van der Waals surface area contributed by atoms with Gasteiger partial charge in [0.2, 0.25) is 0 Å². The van der Waals surface area contributed by atoms with Crippen molar-refractivity contribution in [3.8, 4) is 0 Å². The SMILES string of the molecule is CCNC(=O)OC([SiH3])C1CCNC1. The maximum atomic E-state index is 11.1. The largest absolute Gasteiger partial charge is 0.451 e. The third kappa shape index (κ3) is 3.36. The van der Waals surface area contributed by atoms with Crippen molar-refractivity contribution in [2.75, 3.05) is 19.6 Å². The summed E-state index contributed by atoms with van der Waals surface area (Å²) in [6.07, 6.45) is 0.863. The Balaban J connectivity index is 2.22. The molecule has 0 aromatic heterocycles. The molecule has 1 saturated heterocycles. The first-order chi connectivity index (χ1) is 6.24. The maximum absolute atomic E-state index is 11.1. The number of alkyl carbamates (subject to hydrolysis) is 1. The van der Waals surface area contributed by atoms with Crippen LogP contribution in [0.4, 0.5) is 4.79 Å². The summed E-state index contributed by atoms with van der Waals surface area (Å²) in [5.41, 5.74) is 0.154. The highest BCUT2D eigenvalue weighted by atomic mass is 28.1. The number of carbonyl (C=O) groups is 1. The number of hydrogen-bond acceptors (Lipinski definition) is 3. The Kier molecular flexibility index (Phi) is 4.24. The van der Waals surface area contributed by atoms with E-state index in [9.17, 15) is 4.79 Å².